The quantitative estimate of drug-likeness (QED) is 0.371. The fraction of sp³-hybridized carbons (Fsp3) is 0.667. The van der Waals surface area contributed by atoms with Gasteiger partial charge >= 0.3 is 5.69 Å². The second kappa shape index (κ2) is 9.03. The molecule has 0 saturated heterocycles. The van der Waals surface area contributed by atoms with Gasteiger partial charge in [0.25, 0.3) is 0 Å². The minimum absolute atomic E-state index is 0.148. The second-order valence-electron chi connectivity index (χ2n) is 4.56. The van der Waals surface area contributed by atoms with Crippen LogP contribution in [0.15, 0.2) is 6.20 Å². The third kappa shape index (κ3) is 6.32. The molecule has 9 heteroatoms. The van der Waals surface area contributed by atoms with Gasteiger partial charge in [-0.05, 0) is 21.0 Å². The van der Waals surface area contributed by atoms with Crippen LogP contribution in [0.25, 0.3) is 0 Å². The molecule has 0 unspecified atom stereocenters. The number of nitrogens with one attached hydrogen (secondary N) is 2. The lowest BCUT2D eigenvalue weighted by molar-refractivity contribution is -0.384. The van der Waals surface area contributed by atoms with Gasteiger partial charge in [0, 0.05) is 19.6 Å². The van der Waals surface area contributed by atoms with Crippen LogP contribution in [-0.4, -0.2) is 66.7 Å². The first kappa shape index (κ1) is 17.1. The molecular formula is C12H22N6O3. The summed E-state index contributed by atoms with van der Waals surface area (Å²) < 4.78 is 5.41. The summed E-state index contributed by atoms with van der Waals surface area (Å²) >= 11 is 0. The van der Waals surface area contributed by atoms with Crippen LogP contribution < -0.4 is 10.6 Å². The minimum Gasteiger partial charge on any atom is -0.378 e. The SMILES string of the molecule is CCNc1ncc([N+](=O)[O-])c(NCCOCCN(C)C)n1. The van der Waals surface area contributed by atoms with Gasteiger partial charge < -0.3 is 20.3 Å². The van der Waals surface area contributed by atoms with Crippen molar-refractivity contribution < 1.29 is 9.66 Å². The second-order valence-corrected chi connectivity index (χ2v) is 4.56. The molecule has 0 aliphatic heterocycles. The number of nitrogens with zero attached hydrogens (tertiary/aromatic N) is 4. The summed E-state index contributed by atoms with van der Waals surface area (Å²) in [5.74, 6) is 0.557. The maximum atomic E-state index is 10.9. The summed E-state index contributed by atoms with van der Waals surface area (Å²) in [7, 11) is 3.93. The van der Waals surface area contributed by atoms with Gasteiger partial charge in [-0.2, -0.15) is 4.98 Å². The molecule has 0 amide bonds. The molecule has 1 aromatic heterocycles. The van der Waals surface area contributed by atoms with Crippen molar-refractivity contribution in [2.45, 2.75) is 6.92 Å². The van der Waals surface area contributed by atoms with Gasteiger partial charge in [-0.15, -0.1) is 0 Å². The molecule has 9 nitrogen and oxygen atoms in total. The highest BCUT2D eigenvalue weighted by atomic mass is 16.6. The lowest BCUT2D eigenvalue weighted by Crippen LogP contribution is -2.20. The zero-order chi connectivity index (χ0) is 15.7. The molecular weight excluding hydrogens is 276 g/mol. The van der Waals surface area contributed by atoms with Crippen LogP contribution in [0.4, 0.5) is 17.5 Å². The molecule has 0 spiro atoms. The molecule has 0 fully saturated rings. The molecule has 1 aromatic rings. The van der Waals surface area contributed by atoms with Gasteiger partial charge in [-0.3, -0.25) is 10.1 Å². The fourth-order valence-electron chi connectivity index (χ4n) is 1.47. The average molecular weight is 298 g/mol. The number of rotatable bonds is 10. The first-order valence-electron chi connectivity index (χ1n) is 6.76. The molecule has 0 bridgehead atoms. The molecule has 0 aromatic carbocycles. The monoisotopic (exact) mass is 298 g/mol. The fourth-order valence-corrected chi connectivity index (χ4v) is 1.47. The topological polar surface area (TPSA) is 105 Å². The van der Waals surface area contributed by atoms with Crippen LogP contribution in [-0.2, 0) is 4.74 Å². The largest absolute Gasteiger partial charge is 0.378 e. The van der Waals surface area contributed by atoms with E-state index in [1.54, 1.807) is 0 Å². The summed E-state index contributed by atoms with van der Waals surface area (Å²) in [6.45, 7) is 4.88. The van der Waals surface area contributed by atoms with Crippen molar-refractivity contribution in [2.24, 2.45) is 0 Å². The predicted octanol–water partition coefficient (Wildman–Crippen LogP) is 0.807. The summed E-state index contributed by atoms with van der Waals surface area (Å²) in [5.41, 5.74) is -0.148. The highest BCUT2D eigenvalue weighted by Gasteiger charge is 2.16. The average Bonchev–Trinajstić information content (AvgIpc) is 2.42. The van der Waals surface area contributed by atoms with E-state index in [0.29, 0.717) is 32.3 Å². The standard InChI is InChI=1S/C12H22N6O3/c1-4-13-12-15-9-10(18(19)20)11(16-12)14-5-7-21-8-6-17(2)3/h9H,4-8H2,1-3H3,(H2,13,14,15,16). The van der Waals surface area contributed by atoms with Gasteiger partial charge in [0.2, 0.25) is 11.8 Å². The zero-order valence-corrected chi connectivity index (χ0v) is 12.6. The Hall–Kier alpha value is -2.00. The van der Waals surface area contributed by atoms with Gasteiger partial charge in [-0.25, -0.2) is 4.98 Å². The normalized spacial score (nSPS) is 10.7. The summed E-state index contributed by atoms with van der Waals surface area (Å²) in [5, 5.41) is 16.8. The Morgan fingerprint density at radius 1 is 1.38 bits per heavy atom. The molecule has 0 saturated carbocycles. The Balaban J connectivity index is 2.51. The summed E-state index contributed by atoms with van der Waals surface area (Å²) in [6, 6.07) is 0. The van der Waals surface area contributed by atoms with E-state index in [9.17, 15) is 10.1 Å². The number of hydrogen-bond donors (Lipinski definition) is 2. The molecule has 21 heavy (non-hydrogen) atoms. The van der Waals surface area contributed by atoms with Crippen LogP contribution in [0.5, 0.6) is 0 Å². The lowest BCUT2D eigenvalue weighted by atomic mass is 10.4. The van der Waals surface area contributed by atoms with E-state index in [1.165, 1.54) is 6.20 Å². The number of likely N-dealkylation sites (N-methyl/N-ethyl adjacent to an activating group) is 1. The first-order valence-corrected chi connectivity index (χ1v) is 6.76. The summed E-state index contributed by atoms with van der Waals surface area (Å²) in [6.07, 6.45) is 1.19. The van der Waals surface area contributed by atoms with Gasteiger partial charge in [0.05, 0.1) is 18.1 Å². The van der Waals surface area contributed by atoms with Crippen molar-refractivity contribution in [1.29, 1.82) is 0 Å². The number of hydrogen-bond acceptors (Lipinski definition) is 8. The Bertz CT molecular complexity index is 455. The Kier molecular flexibility index (Phi) is 7.33. The molecule has 0 radical (unpaired) electrons. The third-order valence-electron chi connectivity index (χ3n) is 2.52. The Morgan fingerprint density at radius 2 is 2.14 bits per heavy atom. The van der Waals surface area contributed by atoms with Gasteiger partial charge in [0.1, 0.15) is 6.20 Å². The number of ether oxygens (including phenoxy) is 1. The van der Waals surface area contributed by atoms with Crippen LogP contribution >= 0.6 is 0 Å². The van der Waals surface area contributed by atoms with E-state index >= 15 is 0 Å². The predicted molar refractivity (Wildman–Crippen MR) is 80.7 cm³/mol. The van der Waals surface area contributed by atoms with Crippen LogP contribution in [0, 0.1) is 10.1 Å². The Morgan fingerprint density at radius 3 is 2.76 bits per heavy atom. The lowest BCUT2D eigenvalue weighted by Gasteiger charge is -2.11. The van der Waals surface area contributed by atoms with Crippen molar-refractivity contribution in [1.82, 2.24) is 14.9 Å². The highest BCUT2D eigenvalue weighted by Crippen LogP contribution is 2.21. The van der Waals surface area contributed by atoms with Crippen LogP contribution in [0.2, 0.25) is 0 Å². The zero-order valence-electron chi connectivity index (χ0n) is 12.6. The highest BCUT2D eigenvalue weighted by molar-refractivity contribution is 5.56. The van der Waals surface area contributed by atoms with Crippen LogP contribution in [0.3, 0.4) is 0 Å². The smallest absolute Gasteiger partial charge is 0.329 e. The maximum absolute atomic E-state index is 10.9. The van der Waals surface area contributed by atoms with Crippen LogP contribution in [0.1, 0.15) is 6.92 Å². The molecule has 1 rings (SSSR count). The number of aromatic nitrogens is 2. The summed E-state index contributed by atoms with van der Waals surface area (Å²) in [4.78, 5) is 20.4. The van der Waals surface area contributed by atoms with Gasteiger partial charge in [-0.1, -0.05) is 0 Å². The van der Waals surface area contributed by atoms with E-state index in [1.807, 2.05) is 25.9 Å². The van der Waals surface area contributed by atoms with E-state index in [2.05, 4.69) is 20.6 Å². The molecule has 0 atom stereocenters. The molecule has 118 valence electrons. The Labute approximate surface area is 123 Å². The minimum atomic E-state index is -0.509. The first-order chi connectivity index (χ1) is 10.0. The van der Waals surface area contributed by atoms with Crippen molar-refractivity contribution in [3.8, 4) is 0 Å². The van der Waals surface area contributed by atoms with Crippen molar-refractivity contribution in [3.05, 3.63) is 16.3 Å². The number of anilines is 2. The van der Waals surface area contributed by atoms with Gasteiger partial charge in [0.15, 0.2) is 0 Å². The van der Waals surface area contributed by atoms with E-state index in [0.717, 1.165) is 6.54 Å². The van der Waals surface area contributed by atoms with E-state index in [-0.39, 0.29) is 11.5 Å². The molecule has 0 aliphatic rings. The van der Waals surface area contributed by atoms with Crippen molar-refractivity contribution >= 4 is 17.5 Å². The molecule has 1 heterocycles. The number of nitro groups is 1. The maximum Gasteiger partial charge on any atom is 0.329 e. The third-order valence-corrected chi connectivity index (χ3v) is 2.52. The van der Waals surface area contributed by atoms with E-state index in [4.69, 9.17) is 4.74 Å². The molecule has 2 N–H and O–H groups in total. The molecule has 0 aliphatic carbocycles. The van der Waals surface area contributed by atoms with Crippen molar-refractivity contribution in [3.63, 3.8) is 0 Å². The van der Waals surface area contributed by atoms with E-state index < -0.39 is 4.92 Å². The van der Waals surface area contributed by atoms with Crippen molar-refractivity contribution in [2.75, 3.05) is 57.6 Å².